The number of ether oxygens (including phenoxy) is 1. The van der Waals surface area contributed by atoms with Gasteiger partial charge in [-0.1, -0.05) is 19.9 Å². The van der Waals surface area contributed by atoms with E-state index < -0.39 is 10.7 Å². The summed E-state index contributed by atoms with van der Waals surface area (Å²) >= 11 is 0. The van der Waals surface area contributed by atoms with Gasteiger partial charge in [0.05, 0.1) is 11.5 Å². The van der Waals surface area contributed by atoms with Crippen LogP contribution in [0.2, 0.25) is 0 Å². The Bertz CT molecular complexity index is 468. The van der Waals surface area contributed by atoms with E-state index in [1.165, 1.54) is 18.2 Å². The molecule has 0 aliphatic carbocycles. The minimum absolute atomic E-state index is 0.00370. The fourth-order valence-corrected chi connectivity index (χ4v) is 1.41. The Hall–Kier alpha value is -2.17. The summed E-state index contributed by atoms with van der Waals surface area (Å²) in [6, 6.07) is 4.16. The summed E-state index contributed by atoms with van der Waals surface area (Å²) in [6.45, 7) is 5.89. The van der Waals surface area contributed by atoms with Crippen molar-refractivity contribution in [1.29, 1.82) is 0 Å². The predicted octanol–water partition coefficient (Wildman–Crippen LogP) is 3.14. The molecule has 0 atom stereocenters. The zero-order valence-corrected chi connectivity index (χ0v) is 10.2. The standard InChI is InChI=1S/C13H15NO4/c1-3-5-8-18-10-6-7-12(14(16)17)11(9-10)13(15)4-2/h4,6-7,9H,2-3,5,8H2,1H3. The predicted molar refractivity (Wildman–Crippen MR) is 68.0 cm³/mol. The SMILES string of the molecule is C=CC(=O)c1cc(OCCCC)ccc1[N+](=O)[O-]. The van der Waals surface area contributed by atoms with E-state index in [1.54, 1.807) is 0 Å². The molecule has 0 spiro atoms. The molecular formula is C13H15NO4. The number of benzene rings is 1. The first-order chi connectivity index (χ1) is 8.60. The van der Waals surface area contributed by atoms with Crippen molar-refractivity contribution in [3.05, 3.63) is 46.5 Å². The monoisotopic (exact) mass is 249 g/mol. The minimum Gasteiger partial charge on any atom is -0.494 e. The molecule has 0 aliphatic heterocycles. The smallest absolute Gasteiger partial charge is 0.280 e. The zero-order chi connectivity index (χ0) is 13.5. The highest BCUT2D eigenvalue weighted by atomic mass is 16.6. The van der Waals surface area contributed by atoms with Crippen LogP contribution in [0.1, 0.15) is 30.1 Å². The van der Waals surface area contributed by atoms with Crippen LogP contribution >= 0.6 is 0 Å². The number of carbonyl (C=O) groups is 1. The van der Waals surface area contributed by atoms with Crippen LogP contribution in [0.15, 0.2) is 30.9 Å². The van der Waals surface area contributed by atoms with E-state index in [0.717, 1.165) is 18.9 Å². The van der Waals surface area contributed by atoms with E-state index in [1.807, 2.05) is 6.92 Å². The Morgan fingerprint density at radius 3 is 2.83 bits per heavy atom. The van der Waals surface area contributed by atoms with Gasteiger partial charge in [-0.15, -0.1) is 0 Å². The topological polar surface area (TPSA) is 69.4 Å². The van der Waals surface area contributed by atoms with Gasteiger partial charge in [0.1, 0.15) is 11.3 Å². The third kappa shape index (κ3) is 3.41. The molecule has 0 fully saturated rings. The normalized spacial score (nSPS) is 9.83. The number of nitro benzene ring substituents is 1. The summed E-state index contributed by atoms with van der Waals surface area (Å²) in [5.74, 6) is -0.0260. The highest BCUT2D eigenvalue weighted by Crippen LogP contribution is 2.25. The largest absolute Gasteiger partial charge is 0.494 e. The van der Waals surface area contributed by atoms with Crippen molar-refractivity contribution in [3.8, 4) is 5.75 Å². The summed E-state index contributed by atoms with van der Waals surface area (Å²) in [4.78, 5) is 21.7. The first kappa shape index (κ1) is 13.9. The van der Waals surface area contributed by atoms with Crippen LogP contribution in [-0.2, 0) is 0 Å². The fourth-order valence-electron chi connectivity index (χ4n) is 1.41. The average molecular weight is 249 g/mol. The number of unbranched alkanes of at least 4 members (excludes halogenated alkanes) is 1. The lowest BCUT2D eigenvalue weighted by molar-refractivity contribution is -0.385. The van der Waals surface area contributed by atoms with E-state index in [-0.39, 0.29) is 11.3 Å². The number of carbonyl (C=O) groups excluding carboxylic acids is 1. The van der Waals surface area contributed by atoms with Crippen molar-refractivity contribution in [2.45, 2.75) is 19.8 Å². The Balaban J connectivity index is 3.01. The molecule has 0 aliphatic rings. The molecule has 5 heteroatoms. The summed E-state index contributed by atoms with van der Waals surface area (Å²) in [5, 5.41) is 10.8. The molecule has 0 N–H and O–H groups in total. The van der Waals surface area contributed by atoms with E-state index in [0.29, 0.717) is 12.4 Å². The Morgan fingerprint density at radius 1 is 1.56 bits per heavy atom. The second-order valence-electron chi connectivity index (χ2n) is 3.71. The molecule has 1 rings (SSSR count). The van der Waals surface area contributed by atoms with Crippen molar-refractivity contribution in [1.82, 2.24) is 0 Å². The van der Waals surface area contributed by atoms with Crippen molar-refractivity contribution in [2.75, 3.05) is 6.61 Å². The maximum absolute atomic E-state index is 11.5. The first-order valence-corrected chi connectivity index (χ1v) is 5.68. The van der Waals surface area contributed by atoms with Crippen molar-refractivity contribution < 1.29 is 14.5 Å². The summed E-state index contributed by atoms with van der Waals surface area (Å²) in [7, 11) is 0. The van der Waals surface area contributed by atoms with Gasteiger partial charge in [0.25, 0.3) is 5.69 Å². The third-order valence-electron chi connectivity index (χ3n) is 2.38. The lowest BCUT2D eigenvalue weighted by Gasteiger charge is -2.06. The quantitative estimate of drug-likeness (QED) is 0.245. The molecule has 0 saturated carbocycles. The average Bonchev–Trinajstić information content (AvgIpc) is 2.37. The third-order valence-corrected chi connectivity index (χ3v) is 2.38. The summed E-state index contributed by atoms with van der Waals surface area (Å²) in [6.07, 6.45) is 2.94. The van der Waals surface area contributed by atoms with Crippen molar-refractivity contribution >= 4 is 11.5 Å². The van der Waals surface area contributed by atoms with Crippen LogP contribution in [-0.4, -0.2) is 17.3 Å². The van der Waals surface area contributed by atoms with Gasteiger partial charge in [0.15, 0.2) is 5.78 Å². The lowest BCUT2D eigenvalue weighted by Crippen LogP contribution is -2.03. The van der Waals surface area contributed by atoms with E-state index in [9.17, 15) is 14.9 Å². The molecule has 18 heavy (non-hydrogen) atoms. The Labute approximate surface area is 105 Å². The molecule has 0 aromatic heterocycles. The van der Waals surface area contributed by atoms with Crippen LogP contribution in [0.4, 0.5) is 5.69 Å². The fraction of sp³-hybridized carbons (Fsp3) is 0.308. The minimum atomic E-state index is -0.591. The second-order valence-corrected chi connectivity index (χ2v) is 3.71. The Kier molecular flexibility index (Phi) is 5.05. The van der Waals surface area contributed by atoms with Crippen LogP contribution in [0, 0.1) is 10.1 Å². The number of ketones is 1. The number of rotatable bonds is 7. The maximum Gasteiger partial charge on any atom is 0.280 e. The van der Waals surface area contributed by atoms with Gasteiger partial charge in [-0.3, -0.25) is 14.9 Å². The van der Waals surface area contributed by atoms with Crippen LogP contribution < -0.4 is 4.74 Å². The van der Waals surface area contributed by atoms with Crippen LogP contribution in [0.25, 0.3) is 0 Å². The molecule has 0 saturated heterocycles. The van der Waals surface area contributed by atoms with Crippen molar-refractivity contribution in [2.24, 2.45) is 0 Å². The molecular weight excluding hydrogens is 234 g/mol. The number of hydrogen-bond acceptors (Lipinski definition) is 4. The number of hydrogen-bond donors (Lipinski definition) is 0. The molecule has 1 aromatic carbocycles. The zero-order valence-electron chi connectivity index (χ0n) is 10.2. The van der Waals surface area contributed by atoms with Gasteiger partial charge in [-0.05, 0) is 24.6 Å². The Morgan fingerprint density at radius 2 is 2.28 bits per heavy atom. The summed E-state index contributed by atoms with van der Waals surface area (Å²) < 4.78 is 5.41. The van der Waals surface area contributed by atoms with Crippen LogP contribution in [0.5, 0.6) is 5.75 Å². The molecule has 0 bridgehead atoms. The van der Waals surface area contributed by atoms with E-state index in [2.05, 4.69) is 6.58 Å². The summed E-state index contributed by atoms with van der Waals surface area (Å²) in [5.41, 5.74) is -0.230. The van der Waals surface area contributed by atoms with Crippen molar-refractivity contribution in [3.63, 3.8) is 0 Å². The van der Waals surface area contributed by atoms with Gasteiger partial charge < -0.3 is 4.74 Å². The molecule has 5 nitrogen and oxygen atoms in total. The molecule has 0 heterocycles. The molecule has 96 valence electrons. The van der Waals surface area contributed by atoms with Gasteiger partial charge in [0.2, 0.25) is 0 Å². The molecule has 1 aromatic rings. The van der Waals surface area contributed by atoms with Crippen LogP contribution in [0.3, 0.4) is 0 Å². The molecule has 0 unspecified atom stereocenters. The second kappa shape index (κ2) is 6.54. The number of nitro groups is 1. The number of nitrogens with zero attached hydrogens (tertiary/aromatic N) is 1. The first-order valence-electron chi connectivity index (χ1n) is 5.68. The number of allylic oxidation sites excluding steroid dienone is 1. The van der Waals surface area contributed by atoms with Gasteiger partial charge in [-0.25, -0.2) is 0 Å². The highest BCUT2D eigenvalue weighted by Gasteiger charge is 2.18. The van der Waals surface area contributed by atoms with E-state index in [4.69, 9.17) is 4.74 Å². The van der Waals surface area contributed by atoms with Gasteiger partial charge >= 0.3 is 0 Å². The van der Waals surface area contributed by atoms with E-state index >= 15 is 0 Å². The lowest BCUT2D eigenvalue weighted by atomic mass is 10.1. The van der Waals surface area contributed by atoms with Gasteiger partial charge in [-0.2, -0.15) is 0 Å². The highest BCUT2D eigenvalue weighted by molar-refractivity contribution is 6.07. The van der Waals surface area contributed by atoms with Gasteiger partial charge in [0, 0.05) is 6.07 Å². The maximum atomic E-state index is 11.5. The molecule has 0 radical (unpaired) electrons. The molecule has 0 amide bonds.